The third-order valence-corrected chi connectivity index (χ3v) is 5.72. The Bertz CT molecular complexity index is 912. The number of thiophene rings is 1. The molecule has 8 nitrogen and oxygen atoms in total. The number of hydrogen-bond donors (Lipinski definition) is 0. The maximum absolute atomic E-state index is 13.4. The van der Waals surface area contributed by atoms with Gasteiger partial charge in [-0.15, -0.1) is 21.5 Å². The highest BCUT2D eigenvalue weighted by Gasteiger charge is 2.34. The van der Waals surface area contributed by atoms with E-state index in [0.29, 0.717) is 37.0 Å². The van der Waals surface area contributed by atoms with E-state index in [1.165, 1.54) is 0 Å². The molecule has 0 radical (unpaired) electrons. The maximum Gasteiger partial charge on any atom is 0.233 e. The van der Waals surface area contributed by atoms with Crippen molar-refractivity contribution >= 4 is 17.2 Å². The van der Waals surface area contributed by atoms with Crippen LogP contribution >= 0.6 is 11.3 Å². The average molecular weight is 398 g/mol. The van der Waals surface area contributed by atoms with Gasteiger partial charge in [-0.25, -0.2) is 4.98 Å². The van der Waals surface area contributed by atoms with Crippen LogP contribution in [0.4, 0.5) is 0 Å². The first kappa shape index (κ1) is 18.7. The second-order valence-corrected chi connectivity index (χ2v) is 7.68. The van der Waals surface area contributed by atoms with E-state index in [1.807, 2.05) is 27.0 Å². The molecule has 1 amide bonds. The molecule has 1 aliphatic rings. The topological polar surface area (TPSA) is 86.0 Å². The highest BCUT2D eigenvalue weighted by molar-refractivity contribution is 7.09. The van der Waals surface area contributed by atoms with E-state index in [4.69, 9.17) is 4.74 Å². The summed E-state index contributed by atoms with van der Waals surface area (Å²) in [5.41, 5.74) is 0.671. The lowest BCUT2D eigenvalue weighted by Crippen LogP contribution is -2.39. The lowest BCUT2D eigenvalue weighted by atomic mass is 9.97. The summed E-state index contributed by atoms with van der Waals surface area (Å²) >= 11 is 1.65. The predicted molar refractivity (Wildman–Crippen MR) is 105 cm³/mol. The molecule has 4 rings (SSSR count). The Morgan fingerprint density at radius 3 is 3.07 bits per heavy atom. The zero-order valence-electron chi connectivity index (χ0n) is 15.7. The van der Waals surface area contributed by atoms with E-state index in [1.54, 1.807) is 37.0 Å². The van der Waals surface area contributed by atoms with Gasteiger partial charge in [0.2, 0.25) is 5.91 Å². The van der Waals surface area contributed by atoms with E-state index in [9.17, 15) is 4.79 Å². The standard InChI is InChI=1S/C19H22N6O2S/c1-27-10-9-24(13-14-4-3-11-28-14)19(26)15-5-2-8-25-17(15)22-23-18(25)16-12-20-6-7-21-16/h3-4,6-7,11-12,15H,2,5,8-10,13H2,1H3. The van der Waals surface area contributed by atoms with E-state index in [-0.39, 0.29) is 11.8 Å². The quantitative estimate of drug-likeness (QED) is 0.607. The molecule has 0 aliphatic carbocycles. The van der Waals surface area contributed by atoms with Crippen molar-refractivity contribution in [1.29, 1.82) is 0 Å². The molecule has 0 bridgehead atoms. The van der Waals surface area contributed by atoms with Crippen LogP contribution in [0.15, 0.2) is 36.1 Å². The number of nitrogens with zero attached hydrogens (tertiary/aromatic N) is 6. The molecular weight excluding hydrogens is 376 g/mol. The summed E-state index contributed by atoms with van der Waals surface area (Å²) in [5, 5.41) is 10.7. The van der Waals surface area contributed by atoms with Gasteiger partial charge in [0.25, 0.3) is 0 Å². The SMILES string of the molecule is COCCN(Cc1cccs1)C(=O)C1CCCn2c(-c3cnccn3)nnc21. The molecule has 1 atom stereocenters. The van der Waals surface area contributed by atoms with Gasteiger partial charge in [0.15, 0.2) is 5.82 Å². The molecular formula is C19H22N6O2S. The number of carbonyl (C=O) groups is 1. The van der Waals surface area contributed by atoms with Crippen LogP contribution in [-0.4, -0.2) is 55.8 Å². The van der Waals surface area contributed by atoms with Crippen LogP contribution in [0.3, 0.4) is 0 Å². The first-order chi connectivity index (χ1) is 13.8. The van der Waals surface area contributed by atoms with Gasteiger partial charge in [-0.2, -0.15) is 0 Å². The fourth-order valence-electron chi connectivity index (χ4n) is 3.49. The molecule has 146 valence electrons. The molecule has 9 heteroatoms. The Morgan fingerprint density at radius 1 is 1.39 bits per heavy atom. The predicted octanol–water partition coefficient (Wildman–Crippen LogP) is 2.35. The Morgan fingerprint density at radius 2 is 2.32 bits per heavy atom. The van der Waals surface area contributed by atoms with Crippen LogP contribution in [0.5, 0.6) is 0 Å². The number of fused-ring (bicyclic) bond motifs is 1. The molecule has 3 aromatic heterocycles. The Labute approximate surface area is 167 Å². The molecule has 0 fully saturated rings. The highest BCUT2D eigenvalue weighted by Crippen LogP contribution is 2.31. The van der Waals surface area contributed by atoms with Gasteiger partial charge in [0.1, 0.15) is 11.5 Å². The van der Waals surface area contributed by atoms with Gasteiger partial charge in [-0.05, 0) is 24.3 Å². The smallest absolute Gasteiger partial charge is 0.233 e. The minimum atomic E-state index is -0.302. The zero-order chi connectivity index (χ0) is 19.3. The first-order valence-electron chi connectivity index (χ1n) is 9.27. The second kappa shape index (κ2) is 8.57. The van der Waals surface area contributed by atoms with Crippen LogP contribution in [0.1, 0.15) is 29.5 Å². The van der Waals surface area contributed by atoms with Gasteiger partial charge in [-0.3, -0.25) is 9.78 Å². The second-order valence-electron chi connectivity index (χ2n) is 6.65. The van der Waals surface area contributed by atoms with Crippen LogP contribution in [-0.2, 0) is 22.6 Å². The number of carbonyl (C=O) groups excluding carboxylic acids is 1. The van der Waals surface area contributed by atoms with Crippen LogP contribution < -0.4 is 0 Å². The fourth-order valence-corrected chi connectivity index (χ4v) is 4.21. The average Bonchev–Trinajstić information content (AvgIpc) is 3.40. The Balaban J connectivity index is 1.60. The molecule has 0 N–H and O–H groups in total. The van der Waals surface area contributed by atoms with Crippen molar-refractivity contribution in [2.45, 2.75) is 31.8 Å². The van der Waals surface area contributed by atoms with Crippen LogP contribution in [0, 0.1) is 0 Å². The number of hydrogen-bond acceptors (Lipinski definition) is 7. The van der Waals surface area contributed by atoms with Gasteiger partial charge < -0.3 is 14.2 Å². The molecule has 4 heterocycles. The lowest BCUT2D eigenvalue weighted by molar-refractivity contribution is -0.134. The van der Waals surface area contributed by atoms with E-state index >= 15 is 0 Å². The molecule has 0 saturated heterocycles. The van der Waals surface area contributed by atoms with Gasteiger partial charge >= 0.3 is 0 Å². The molecule has 1 unspecified atom stereocenters. The Kier molecular flexibility index (Phi) is 5.73. The minimum absolute atomic E-state index is 0.0736. The number of methoxy groups -OCH3 is 1. The van der Waals surface area contributed by atoms with E-state index in [0.717, 1.165) is 24.3 Å². The third kappa shape index (κ3) is 3.81. The summed E-state index contributed by atoms with van der Waals surface area (Å²) in [6.07, 6.45) is 6.60. The minimum Gasteiger partial charge on any atom is -0.383 e. The van der Waals surface area contributed by atoms with Crippen molar-refractivity contribution in [3.05, 3.63) is 46.8 Å². The van der Waals surface area contributed by atoms with Crippen molar-refractivity contribution in [2.75, 3.05) is 20.3 Å². The molecule has 0 aromatic carbocycles. The lowest BCUT2D eigenvalue weighted by Gasteiger charge is -2.29. The first-order valence-corrected chi connectivity index (χ1v) is 10.2. The number of ether oxygens (including phenoxy) is 1. The summed E-state index contributed by atoms with van der Waals surface area (Å²) in [7, 11) is 1.65. The zero-order valence-corrected chi connectivity index (χ0v) is 16.5. The van der Waals surface area contributed by atoms with Crippen molar-refractivity contribution in [1.82, 2.24) is 29.6 Å². The van der Waals surface area contributed by atoms with Crippen LogP contribution in [0.2, 0.25) is 0 Å². The normalized spacial score (nSPS) is 16.0. The summed E-state index contributed by atoms with van der Waals surface area (Å²) < 4.78 is 7.23. The molecule has 3 aromatic rings. The maximum atomic E-state index is 13.4. The molecule has 28 heavy (non-hydrogen) atoms. The summed E-state index contributed by atoms with van der Waals surface area (Å²) in [6.45, 7) is 2.42. The van der Waals surface area contributed by atoms with Crippen molar-refractivity contribution in [2.24, 2.45) is 0 Å². The van der Waals surface area contributed by atoms with Crippen molar-refractivity contribution in [3.63, 3.8) is 0 Å². The molecule has 1 aliphatic heterocycles. The Hall–Kier alpha value is -2.65. The van der Waals surface area contributed by atoms with Gasteiger partial charge in [0.05, 0.1) is 25.3 Å². The summed E-state index contributed by atoms with van der Waals surface area (Å²) in [4.78, 5) is 24.9. The van der Waals surface area contributed by atoms with Crippen molar-refractivity contribution in [3.8, 4) is 11.5 Å². The number of rotatable bonds is 7. The summed E-state index contributed by atoms with van der Waals surface area (Å²) in [5.74, 6) is 1.15. The monoisotopic (exact) mass is 398 g/mol. The largest absolute Gasteiger partial charge is 0.383 e. The molecule has 0 saturated carbocycles. The van der Waals surface area contributed by atoms with Gasteiger partial charge in [-0.1, -0.05) is 6.07 Å². The highest BCUT2D eigenvalue weighted by atomic mass is 32.1. The van der Waals surface area contributed by atoms with Crippen LogP contribution in [0.25, 0.3) is 11.5 Å². The fraction of sp³-hybridized carbons (Fsp3) is 0.421. The number of amides is 1. The number of aromatic nitrogens is 5. The summed E-state index contributed by atoms with van der Waals surface area (Å²) in [6, 6.07) is 4.05. The van der Waals surface area contributed by atoms with Crippen molar-refractivity contribution < 1.29 is 9.53 Å². The molecule has 0 spiro atoms. The third-order valence-electron chi connectivity index (χ3n) is 4.86. The van der Waals surface area contributed by atoms with E-state index in [2.05, 4.69) is 20.2 Å². The van der Waals surface area contributed by atoms with E-state index < -0.39 is 0 Å². The van der Waals surface area contributed by atoms with Gasteiger partial charge in [0, 0.05) is 37.5 Å².